The highest BCUT2D eigenvalue weighted by molar-refractivity contribution is 5.85. The lowest BCUT2D eigenvalue weighted by atomic mass is 9.86. The van der Waals surface area contributed by atoms with Crippen molar-refractivity contribution in [2.75, 3.05) is 13.6 Å². The minimum Gasteiger partial charge on any atom is -0.411 e. The number of fused-ring (bicyclic) bond motifs is 4. The normalized spacial score (nSPS) is 43.8. The molecule has 0 amide bonds. The summed E-state index contributed by atoms with van der Waals surface area (Å²) in [6, 6.07) is 0.602. The summed E-state index contributed by atoms with van der Waals surface area (Å²) in [7, 11) is 2.19. The molecule has 2 bridgehead atoms. The quantitative estimate of drug-likeness (QED) is 0.456. The Morgan fingerprint density at radius 2 is 2.23 bits per heavy atom. The van der Waals surface area contributed by atoms with Crippen LogP contribution in [0.5, 0.6) is 0 Å². The molecule has 3 atom stereocenters. The molecule has 3 heteroatoms. The van der Waals surface area contributed by atoms with Gasteiger partial charge in [-0.15, -0.1) is 0 Å². The smallest absolute Gasteiger partial charge is 0.0589 e. The monoisotopic (exact) mass is 182 g/mol. The molecule has 1 N–H and O–H groups in total. The molecule has 3 aliphatic rings. The van der Waals surface area contributed by atoms with Gasteiger partial charge in [0.05, 0.1) is 5.71 Å². The highest BCUT2D eigenvalue weighted by atomic mass is 16.4. The number of hydrogen-bond acceptors (Lipinski definition) is 3. The molecule has 2 heterocycles. The molecule has 0 aromatic heterocycles. The highest BCUT2D eigenvalue weighted by Gasteiger charge is 2.36. The number of rotatable bonds is 0. The zero-order chi connectivity index (χ0) is 9.42. The van der Waals surface area contributed by atoms with Crippen molar-refractivity contribution in [2.24, 2.45) is 17.0 Å². The summed E-state index contributed by atoms with van der Waals surface area (Å²) in [5, 5.41) is 12.2. The maximum absolute atomic E-state index is 8.82. The third kappa shape index (κ3) is 1.57. The van der Waals surface area contributed by atoms with Crippen molar-refractivity contribution in [3.63, 3.8) is 0 Å². The molecule has 2 aliphatic heterocycles. The molecule has 0 spiro atoms. The molecule has 0 radical (unpaired) electrons. The van der Waals surface area contributed by atoms with Crippen LogP contribution in [0.15, 0.2) is 5.16 Å². The van der Waals surface area contributed by atoms with Gasteiger partial charge >= 0.3 is 0 Å². The fraction of sp³-hybridized carbons (Fsp3) is 0.900. The number of piperidine rings is 1. The standard InChI is InChI=1S/C10H18N2O/c1-7-3-8-4-9(11-13)5-10(7)12(2)6-8/h7-8,10,13H,3-6H2,1-2H3/b11-9-/t7-,8+,10+/m0/s1. The van der Waals surface area contributed by atoms with Crippen LogP contribution in [-0.2, 0) is 0 Å². The van der Waals surface area contributed by atoms with Gasteiger partial charge in [0.2, 0.25) is 0 Å². The van der Waals surface area contributed by atoms with Crippen molar-refractivity contribution in [1.82, 2.24) is 4.90 Å². The van der Waals surface area contributed by atoms with Crippen LogP contribution in [0.4, 0.5) is 0 Å². The summed E-state index contributed by atoms with van der Waals surface area (Å²) in [6.07, 6.45) is 3.26. The topological polar surface area (TPSA) is 35.8 Å². The minimum absolute atomic E-state index is 0.602. The molecule has 1 saturated carbocycles. The largest absolute Gasteiger partial charge is 0.411 e. The predicted molar refractivity (Wildman–Crippen MR) is 52.1 cm³/mol. The zero-order valence-electron chi connectivity index (χ0n) is 8.40. The highest BCUT2D eigenvalue weighted by Crippen LogP contribution is 2.34. The summed E-state index contributed by atoms with van der Waals surface area (Å²) in [4.78, 5) is 2.43. The van der Waals surface area contributed by atoms with Crippen LogP contribution in [0, 0.1) is 11.8 Å². The Morgan fingerprint density at radius 1 is 1.46 bits per heavy atom. The lowest BCUT2D eigenvalue weighted by molar-refractivity contribution is 0.106. The Morgan fingerprint density at radius 3 is 2.85 bits per heavy atom. The fourth-order valence-corrected chi connectivity index (χ4v) is 2.98. The van der Waals surface area contributed by atoms with Gasteiger partial charge in [-0.25, -0.2) is 0 Å². The van der Waals surface area contributed by atoms with Gasteiger partial charge in [-0.05, 0) is 31.7 Å². The minimum atomic E-state index is 0.602. The van der Waals surface area contributed by atoms with Crippen LogP contribution in [0.3, 0.4) is 0 Å². The molecular formula is C10H18N2O. The summed E-state index contributed by atoms with van der Waals surface area (Å²) in [6.45, 7) is 3.49. The first-order valence-corrected chi connectivity index (χ1v) is 5.10. The molecule has 0 unspecified atom stereocenters. The van der Waals surface area contributed by atoms with E-state index in [1.807, 2.05) is 0 Å². The van der Waals surface area contributed by atoms with Gasteiger partial charge in [-0.1, -0.05) is 12.1 Å². The van der Waals surface area contributed by atoms with Crippen LogP contribution in [0.2, 0.25) is 0 Å². The second-order valence-electron chi connectivity index (χ2n) is 4.66. The summed E-state index contributed by atoms with van der Waals surface area (Å²) < 4.78 is 0. The first-order valence-electron chi connectivity index (χ1n) is 5.10. The molecule has 13 heavy (non-hydrogen) atoms. The van der Waals surface area contributed by atoms with E-state index < -0.39 is 0 Å². The van der Waals surface area contributed by atoms with Crippen molar-refractivity contribution >= 4 is 5.71 Å². The van der Waals surface area contributed by atoms with Gasteiger partial charge in [0.15, 0.2) is 0 Å². The molecular weight excluding hydrogens is 164 g/mol. The van der Waals surface area contributed by atoms with E-state index in [1.54, 1.807) is 0 Å². The predicted octanol–water partition coefficient (Wildman–Crippen LogP) is 1.57. The second kappa shape index (κ2) is 3.29. The molecule has 3 nitrogen and oxygen atoms in total. The van der Waals surface area contributed by atoms with Gasteiger partial charge < -0.3 is 10.1 Å². The third-order valence-electron chi connectivity index (χ3n) is 3.58. The molecule has 3 fully saturated rings. The fourth-order valence-electron chi connectivity index (χ4n) is 2.98. The van der Waals surface area contributed by atoms with E-state index in [0.29, 0.717) is 12.0 Å². The van der Waals surface area contributed by atoms with Gasteiger partial charge in [0, 0.05) is 19.0 Å². The average Bonchev–Trinajstić information content (AvgIpc) is 2.32. The zero-order valence-corrected chi connectivity index (χ0v) is 8.40. The molecule has 74 valence electrons. The maximum Gasteiger partial charge on any atom is 0.0589 e. The number of hydrogen-bond donors (Lipinski definition) is 1. The summed E-state index contributed by atoms with van der Waals surface area (Å²) in [5.41, 5.74) is 1.00. The lowest BCUT2D eigenvalue weighted by Crippen LogP contribution is -2.43. The van der Waals surface area contributed by atoms with Crippen LogP contribution < -0.4 is 0 Å². The van der Waals surface area contributed by atoms with Crippen LogP contribution in [0.1, 0.15) is 26.2 Å². The molecule has 0 aromatic carbocycles. The van der Waals surface area contributed by atoms with Crippen molar-refractivity contribution < 1.29 is 5.21 Å². The number of nitrogens with zero attached hydrogens (tertiary/aromatic N) is 2. The molecule has 3 rings (SSSR count). The van der Waals surface area contributed by atoms with Crippen molar-refractivity contribution in [3.8, 4) is 0 Å². The number of oxime groups is 1. The van der Waals surface area contributed by atoms with Crippen molar-refractivity contribution in [1.29, 1.82) is 0 Å². The van der Waals surface area contributed by atoms with Gasteiger partial charge in [-0.3, -0.25) is 0 Å². The molecule has 2 saturated heterocycles. The van der Waals surface area contributed by atoms with Crippen molar-refractivity contribution in [3.05, 3.63) is 0 Å². The Hall–Kier alpha value is -0.570. The van der Waals surface area contributed by atoms with Gasteiger partial charge in [0.25, 0.3) is 0 Å². The average molecular weight is 182 g/mol. The summed E-state index contributed by atoms with van der Waals surface area (Å²) >= 11 is 0. The first-order chi connectivity index (χ1) is 6.20. The van der Waals surface area contributed by atoms with E-state index in [-0.39, 0.29) is 0 Å². The second-order valence-corrected chi connectivity index (χ2v) is 4.66. The van der Waals surface area contributed by atoms with E-state index in [4.69, 9.17) is 5.21 Å². The van der Waals surface area contributed by atoms with E-state index in [0.717, 1.165) is 24.5 Å². The Labute approximate surface area is 79.4 Å². The lowest BCUT2D eigenvalue weighted by Gasteiger charge is -2.38. The van der Waals surface area contributed by atoms with E-state index in [9.17, 15) is 0 Å². The van der Waals surface area contributed by atoms with E-state index in [2.05, 4.69) is 24.0 Å². The van der Waals surface area contributed by atoms with Crippen LogP contribution >= 0.6 is 0 Å². The maximum atomic E-state index is 8.82. The SMILES string of the molecule is C[C@H]1C[C@@H]2C/C(=N/O)C[C@H]1N(C)C2. The Bertz CT molecular complexity index is 215. The van der Waals surface area contributed by atoms with E-state index >= 15 is 0 Å². The molecule has 1 aliphatic carbocycles. The van der Waals surface area contributed by atoms with Crippen LogP contribution in [-0.4, -0.2) is 35.5 Å². The van der Waals surface area contributed by atoms with E-state index in [1.165, 1.54) is 13.0 Å². The third-order valence-corrected chi connectivity index (χ3v) is 3.58. The summed E-state index contributed by atoms with van der Waals surface area (Å²) in [5.74, 6) is 1.47. The van der Waals surface area contributed by atoms with Crippen LogP contribution in [0.25, 0.3) is 0 Å². The first kappa shape index (κ1) is 9.00. The molecule has 0 aromatic rings. The van der Waals surface area contributed by atoms with Gasteiger partial charge in [0.1, 0.15) is 0 Å². The Balaban J connectivity index is 2.21. The van der Waals surface area contributed by atoms with Crippen molar-refractivity contribution in [2.45, 2.75) is 32.2 Å². The Kier molecular flexibility index (Phi) is 2.28. The van der Waals surface area contributed by atoms with Gasteiger partial charge in [-0.2, -0.15) is 0 Å².